The number of carbonyl (C=O) groups excluding carboxylic acids is 2. The number of carbonyl (C=O) groups is 2. The summed E-state index contributed by atoms with van der Waals surface area (Å²) in [6, 6.07) is 5.96. The molecule has 3 rings (SSSR count). The Morgan fingerprint density at radius 3 is 2.69 bits per heavy atom. The number of amides is 1. The van der Waals surface area contributed by atoms with Crippen LogP contribution in [0.25, 0.3) is 0 Å². The zero-order valence-electron chi connectivity index (χ0n) is 15.9. The lowest BCUT2D eigenvalue weighted by Gasteiger charge is -2.28. The van der Waals surface area contributed by atoms with Gasteiger partial charge < -0.3 is 14.8 Å². The van der Waals surface area contributed by atoms with Gasteiger partial charge in [-0.25, -0.2) is 4.79 Å². The maximum atomic E-state index is 12.1. The molecule has 0 unspecified atom stereocenters. The first-order chi connectivity index (χ1) is 12.4. The van der Waals surface area contributed by atoms with Crippen LogP contribution in [-0.2, 0) is 14.3 Å². The third-order valence-electron chi connectivity index (χ3n) is 5.88. The highest BCUT2D eigenvalue weighted by Gasteiger charge is 2.42. The molecule has 2 fully saturated rings. The van der Waals surface area contributed by atoms with E-state index in [1.54, 1.807) is 0 Å². The van der Waals surface area contributed by atoms with Crippen LogP contribution in [0.3, 0.4) is 0 Å². The molecule has 1 N–H and O–H groups in total. The zero-order chi connectivity index (χ0) is 18.7. The normalized spacial score (nSPS) is 25.0. The number of hydrogen-bond acceptors (Lipinski definition) is 4. The number of rotatable bonds is 7. The molecule has 0 saturated heterocycles. The molecular weight excluding hydrogens is 330 g/mol. The second-order valence-corrected chi connectivity index (χ2v) is 7.91. The highest BCUT2D eigenvalue weighted by molar-refractivity contribution is 5.81. The summed E-state index contributed by atoms with van der Waals surface area (Å²) in [4.78, 5) is 23.9. The second-order valence-electron chi connectivity index (χ2n) is 7.91. The standard InChI is InChI=1S/C21H29NO4/c1-13-4-5-14(2)19(8-13)25-12-21(24)26-11-20(23)22-15(3)18-10-16-6-7-17(18)9-16/h4-5,8,15-18H,6-7,9-12H2,1-3H3,(H,22,23)/t15-,16+,17+,18-/m1/s1. The van der Waals surface area contributed by atoms with E-state index in [0.29, 0.717) is 11.7 Å². The molecule has 0 heterocycles. The number of ether oxygens (including phenoxy) is 2. The summed E-state index contributed by atoms with van der Waals surface area (Å²) in [5, 5.41) is 3.00. The van der Waals surface area contributed by atoms with Crippen molar-refractivity contribution in [1.82, 2.24) is 5.32 Å². The van der Waals surface area contributed by atoms with Gasteiger partial charge in [-0.1, -0.05) is 18.6 Å². The van der Waals surface area contributed by atoms with Crippen molar-refractivity contribution < 1.29 is 19.1 Å². The Kier molecular flexibility index (Phi) is 5.84. The van der Waals surface area contributed by atoms with Crippen LogP contribution in [0.5, 0.6) is 5.75 Å². The van der Waals surface area contributed by atoms with E-state index in [9.17, 15) is 9.59 Å². The van der Waals surface area contributed by atoms with Gasteiger partial charge >= 0.3 is 5.97 Å². The van der Waals surface area contributed by atoms with Crippen LogP contribution >= 0.6 is 0 Å². The van der Waals surface area contributed by atoms with Gasteiger partial charge in [0.25, 0.3) is 5.91 Å². The molecule has 2 aliphatic carbocycles. The second kappa shape index (κ2) is 8.11. The summed E-state index contributed by atoms with van der Waals surface area (Å²) in [5.74, 6) is 2.07. The first kappa shape index (κ1) is 18.7. The molecule has 142 valence electrons. The minimum atomic E-state index is -0.534. The monoisotopic (exact) mass is 359 g/mol. The molecule has 0 radical (unpaired) electrons. The molecule has 0 spiro atoms. The molecule has 0 aliphatic heterocycles. The van der Waals surface area contributed by atoms with Gasteiger partial charge in [0.15, 0.2) is 13.2 Å². The quantitative estimate of drug-likeness (QED) is 0.760. The molecule has 1 amide bonds. The van der Waals surface area contributed by atoms with Crippen molar-refractivity contribution in [3.63, 3.8) is 0 Å². The molecule has 0 aromatic heterocycles. The summed E-state index contributed by atoms with van der Waals surface area (Å²) in [5.41, 5.74) is 2.02. The molecule has 5 nitrogen and oxygen atoms in total. The first-order valence-corrected chi connectivity index (χ1v) is 9.57. The van der Waals surface area contributed by atoms with Crippen molar-refractivity contribution in [3.8, 4) is 5.75 Å². The summed E-state index contributed by atoms with van der Waals surface area (Å²) < 4.78 is 10.5. The molecule has 2 aliphatic rings. The number of nitrogens with one attached hydrogen (secondary N) is 1. The minimum Gasteiger partial charge on any atom is -0.482 e. The van der Waals surface area contributed by atoms with Crippen LogP contribution in [0.2, 0.25) is 0 Å². The van der Waals surface area contributed by atoms with Crippen molar-refractivity contribution in [2.75, 3.05) is 13.2 Å². The highest BCUT2D eigenvalue weighted by atomic mass is 16.6. The van der Waals surface area contributed by atoms with Gasteiger partial charge in [-0.05, 0) is 75.0 Å². The van der Waals surface area contributed by atoms with Gasteiger partial charge in [0, 0.05) is 6.04 Å². The van der Waals surface area contributed by atoms with E-state index in [1.807, 2.05) is 32.0 Å². The van der Waals surface area contributed by atoms with E-state index < -0.39 is 5.97 Å². The van der Waals surface area contributed by atoms with Gasteiger partial charge in [-0.2, -0.15) is 0 Å². The van der Waals surface area contributed by atoms with E-state index in [2.05, 4.69) is 12.2 Å². The van der Waals surface area contributed by atoms with Gasteiger partial charge in [0.1, 0.15) is 5.75 Å². The number of hydrogen-bond donors (Lipinski definition) is 1. The fraction of sp³-hybridized carbons (Fsp3) is 0.619. The molecule has 1 aromatic rings. The Morgan fingerprint density at radius 1 is 1.19 bits per heavy atom. The van der Waals surface area contributed by atoms with Crippen molar-refractivity contribution >= 4 is 11.9 Å². The molecule has 4 atom stereocenters. The third kappa shape index (κ3) is 4.57. The third-order valence-corrected chi connectivity index (χ3v) is 5.88. The summed E-state index contributed by atoms with van der Waals surface area (Å²) in [6.07, 6.45) is 5.17. The van der Waals surface area contributed by atoms with Crippen molar-refractivity contribution in [2.45, 2.75) is 52.5 Å². The van der Waals surface area contributed by atoms with E-state index in [0.717, 1.165) is 23.0 Å². The van der Waals surface area contributed by atoms with E-state index in [4.69, 9.17) is 9.47 Å². The van der Waals surface area contributed by atoms with Crippen LogP contribution in [0.15, 0.2) is 18.2 Å². The topological polar surface area (TPSA) is 64.6 Å². The molecule has 1 aromatic carbocycles. The smallest absolute Gasteiger partial charge is 0.344 e. The average Bonchev–Trinajstić information content (AvgIpc) is 3.24. The van der Waals surface area contributed by atoms with Crippen LogP contribution in [0, 0.1) is 31.6 Å². The van der Waals surface area contributed by atoms with Crippen molar-refractivity contribution in [1.29, 1.82) is 0 Å². The first-order valence-electron chi connectivity index (χ1n) is 9.57. The Bertz CT molecular complexity index is 672. The Labute approximate surface area is 155 Å². The molecule has 5 heteroatoms. The van der Waals surface area contributed by atoms with Crippen LogP contribution in [-0.4, -0.2) is 31.1 Å². The van der Waals surface area contributed by atoms with Crippen molar-refractivity contribution in [2.24, 2.45) is 17.8 Å². The fourth-order valence-electron chi connectivity index (χ4n) is 4.50. The fourth-order valence-corrected chi connectivity index (χ4v) is 4.50. The summed E-state index contributed by atoms with van der Waals surface area (Å²) >= 11 is 0. The highest BCUT2D eigenvalue weighted by Crippen LogP contribution is 2.49. The van der Waals surface area contributed by atoms with Crippen molar-refractivity contribution in [3.05, 3.63) is 29.3 Å². The molecule has 2 saturated carbocycles. The number of aryl methyl sites for hydroxylation is 2. The van der Waals surface area contributed by atoms with E-state index >= 15 is 0 Å². The lowest BCUT2D eigenvalue weighted by Crippen LogP contribution is -2.42. The van der Waals surface area contributed by atoms with E-state index in [1.165, 1.54) is 25.7 Å². The largest absolute Gasteiger partial charge is 0.482 e. The molecular formula is C21H29NO4. The van der Waals surface area contributed by atoms with Gasteiger partial charge in [-0.3, -0.25) is 4.79 Å². The lowest BCUT2D eigenvalue weighted by atomic mass is 9.84. The van der Waals surface area contributed by atoms with Crippen LogP contribution < -0.4 is 10.1 Å². The number of esters is 1. The number of fused-ring (bicyclic) bond motifs is 2. The number of benzene rings is 1. The molecule has 2 bridgehead atoms. The predicted octanol–water partition coefficient (Wildman–Crippen LogP) is 3.17. The summed E-state index contributed by atoms with van der Waals surface area (Å²) in [6.45, 7) is 5.51. The molecule has 26 heavy (non-hydrogen) atoms. The average molecular weight is 359 g/mol. The van der Waals surface area contributed by atoms with Gasteiger partial charge in [0.2, 0.25) is 0 Å². The Morgan fingerprint density at radius 2 is 2.00 bits per heavy atom. The maximum absolute atomic E-state index is 12.1. The van der Waals surface area contributed by atoms with Crippen LogP contribution in [0.4, 0.5) is 0 Å². The summed E-state index contributed by atoms with van der Waals surface area (Å²) in [7, 11) is 0. The van der Waals surface area contributed by atoms with Crippen LogP contribution in [0.1, 0.15) is 43.7 Å². The van der Waals surface area contributed by atoms with Gasteiger partial charge in [-0.15, -0.1) is 0 Å². The lowest BCUT2D eigenvalue weighted by molar-refractivity contribution is -0.150. The zero-order valence-corrected chi connectivity index (χ0v) is 15.9. The predicted molar refractivity (Wildman–Crippen MR) is 98.9 cm³/mol. The van der Waals surface area contributed by atoms with Gasteiger partial charge in [0.05, 0.1) is 0 Å². The Hall–Kier alpha value is -2.04. The van der Waals surface area contributed by atoms with E-state index in [-0.39, 0.29) is 25.2 Å². The Balaban J connectivity index is 1.37. The maximum Gasteiger partial charge on any atom is 0.344 e. The SMILES string of the molecule is Cc1ccc(C)c(OCC(=O)OCC(=O)N[C@H](C)[C@H]2C[C@H]3CC[C@H]2C3)c1. The minimum absolute atomic E-state index is 0.141.